The van der Waals surface area contributed by atoms with E-state index in [1.54, 1.807) is 4.90 Å². The lowest BCUT2D eigenvalue weighted by Crippen LogP contribution is -2.43. The Kier molecular flexibility index (Phi) is 5.56. The van der Waals surface area contributed by atoms with Crippen LogP contribution in [0.2, 0.25) is 0 Å². The van der Waals surface area contributed by atoms with Crippen molar-refractivity contribution < 1.29 is 14.3 Å². The molecule has 2 amide bonds. The molecule has 1 heterocycles. The van der Waals surface area contributed by atoms with Gasteiger partial charge in [0.15, 0.2) is 0 Å². The molecule has 124 valence electrons. The van der Waals surface area contributed by atoms with E-state index in [0.29, 0.717) is 18.9 Å². The van der Waals surface area contributed by atoms with Gasteiger partial charge in [0.25, 0.3) is 0 Å². The van der Waals surface area contributed by atoms with Gasteiger partial charge < -0.3 is 15.0 Å². The van der Waals surface area contributed by atoms with E-state index in [1.165, 1.54) is 24.6 Å². The van der Waals surface area contributed by atoms with Crippen molar-refractivity contribution in [1.82, 2.24) is 5.32 Å². The molecule has 1 aromatic rings. The summed E-state index contributed by atoms with van der Waals surface area (Å²) in [7, 11) is 0. The van der Waals surface area contributed by atoms with Crippen molar-refractivity contribution >= 4 is 29.3 Å². The fourth-order valence-electron chi connectivity index (χ4n) is 2.46. The molecular weight excluding hydrogens is 312 g/mol. The number of nitrogens with zero attached hydrogens (tertiary/aromatic N) is 1. The fraction of sp³-hybridized carbons (Fsp3) is 0.529. The Morgan fingerprint density at radius 3 is 3.00 bits per heavy atom. The number of benzene rings is 1. The first kappa shape index (κ1) is 16.3. The molecule has 2 aliphatic rings. The Morgan fingerprint density at radius 2 is 2.17 bits per heavy atom. The molecule has 0 radical (unpaired) electrons. The lowest BCUT2D eigenvalue weighted by molar-refractivity contribution is -0.123. The molecule has 1 aliphatic carbocycles. The molecule has 6 heteroatoms. The summed E-state index contributed by atoms with van der Waals surface area (Å²) in [5.41, 5.74) is 0.830. The van der Waals surface area contributed by atoms with E-state index < -0.39 is 0 Å². The molecule has 0 spiro atoms. The zero-order chi connectivity index (χ0) is 16.1. The molecule has 0 bridgehead atoms. The SMILES string of the molecule is O=C(CN1C(=O)CSc2ccccc21)NCCCOCC1CC1. The van der Waals surface area contributed by atoms with Crippen molar-refractivity contribution in [2.45, 2.75) is 24.2 Å². The average Bonchev–Trinajstić information content (AvgIpc) is 3.38. The Balaban J connectivity index is 1.41. The van der Waals surface area contributed by atoms with Crippen molar-refractivity contribution in [3.05, 3.63) is 24.3 Å². The minimum absolute atomic E-state index is 0.0170. The number of para-hydroxylation sites is 1. The van der Waals surface area contributed by atoms with Gasteiger partial charge in [0.1, 0.15) is 6.54 Å². The predicted molar refractivity (Wildman–Crippen MR) is 90.7 cm³/mol. The third-order valence-corrected chi connectivity index (χ3v) is 5.00. The van der Waals surface area contributed by atoms with E-state index in [4.69, 9.17) is 4.74 Å². The normalized spacial score (nSPS) is 17.0. The fourth-order valence-corrected chi connectivity index (χ4v) is 3.40. The molecule has 0 atom stereocenters. The molecule has 0 unspecified atom stereocenters. The highest BCUT2D eigenvalue weighted by Gasteiger charge is 2.26. The van der Waals surface area contributed by atoms with Crippen LogP contribution in [0, 0.1) is 5.92 Å². The monoisotopic (exact) mass is 334 g/mol. The molecule has 1 N–H and O–H groups in total. The number of rotatable bonds is 8. The highest BCUT2D eigenvalue weighted by atomic mass is 32.2. The van der Waals surface area contributed by atoms with Gasteiger partial charge in [-0.3, -0.25) is 9.59 Å². The van der Waals surface area contributed by atoms with Crippen LogP contribution in [0.4, 0.5) is 5.69 Å². The van der Waals surface area contributed by atoms with Crippen molar-refractivity contribution in [3.63, 3.8) is 0 Å². The van der Waals surface area contributed by atoms with E-state index in [9.17, 15) is 9.59 Å². The highest BCUT2D eigenvalue weighted by molar-refractivity contribution is 8.00. The van der Waals surface area contributed by atoms with Gasteiger partial charge in [-0.1, -0.05) is 12.1 Å². The van der Waals surface area contributed by atoms with Gasteiger partial charge in [-0.15, -0.1) is 11.8 Å². The molecule has 0 saturated heterocycles. The quantitative estimate of drug-likeness (QED) is 0.739. The lowest BCUT2D eigenvalue weighted by atomic mass is 10.2. The van der Waals surface area contributed by atoms with Gasteiger partial charge in [0, 0.05) is 24.7 Å². The number of amides is 2. The molecule has 1 fully saturated rings. The number of anilines is 1. The van der Waals surface area contributed by atoms with Gasteiger partial charge in [0.05, 0.1) is 11.4 Å². The van der Waals surface area contributed by atoms with E-state index >= 15 is 0 Å². The topological polar surface area (TPSA) is 58.6 Å². The van der Waals surface area contributed by atoms with E-state index in [2.05, 4.69) is 5.32 Å². The van der Waals surface area contributed by atoms with Crippen molar-refractivity contribution in [2.24, 2.45) is 5.92 Å². The van der Waals surface area contributed by atoms with Crippen LogP contribution in [0.3, 0.4) is 0 Å². The maximum atomic E-state index is 12.1. The number of fused-ring (bicyclic) bond motifs is 1. The molecule has 3 rings (SSSR count). The number of carbonyl (C=O) groups excluding carboxylic acids is 2. The predicted octanol–water partition coefficient (Wildman–Crippen LogP) is 2.06. The smallest absolute Gasteiger partial charge is 0.240 e. The Morgan fingerprint density at radius 1 is 1.35 bits per heavy atom. The first-order chi connectivity index (χ1) is 11.2. The summed E-state index contributed by atoms with van der Waals surface area (Å²) < 4.78 is 5.53. The zero-order valence-corrected chi connectivity index (χ0v) is 13.9. The highest BCUT2D eigenvalue weighted by Crippen LogP contribution is 2.34. The number of nitrogens with one attached hydrogen (secondary N) is 1. The summed E-state index contributed by atoms with van der Waals surface area (Å²) in [5.74, 6) is 1.02. The molecule has 1 aromatic carbocycles. The van der Waals surface area contributed by atoms with Gasteiger partial charge in [-0.05, 0) is 37.3 Å². The zero-order valence-electron chi connectivity index (χ0n) is 13.1. The van der Waals surface area contributed by atoms with Crippen LogP contribution in [0.1, 0.15) is 19.3 Å². The van der Waals surface area contributed by atoms with Gasteiger partial charge in [-0.25, -0.2) is 0 Å². The molecule has 5 nitrogen and oxygen atoms in total. The van der Waals surface area contributed by atoms with Gasteiger partial charge in [-0.2, -0.15) is 0 Å². The summed E-state index contributed by atoms with van der Waals surface area (Å²) in [4.78, 5) is 26.8. The van der Waals surface area contributed by atoms with Crippen LogP contribution in [0.25, 0.3) is 0 Å². The van der Waals surface area contributed by atoms with Crippen LogP contribution in [0.5, 0.6) is 0 Å². The Hall–Kier alpha value is -1.53. The standard InChI is InChI=1S/C17H22N2O3S/c20-16(18-8-3-9-22-11-13-6-7-13)10-19-14-4-1-2-5-15(14)23-12-17(19)21/h1-2,4-5,13H,3,6-12H2,(H,18,20). The molecule has 1 saturated carbocycles. The third-order valence-electron chi connectivity index (χ3n) is 3.95. The van der Waals surface area contributed by atoms with Crippen LogP contribution in [-0.2, 0) is 14.3 Å². The summed E-state index contributed by atoms with van der Waals surface area (Å²) in [6, 6.07) is 7.70. The van der Waals surface area contributed by atoms with Crippen molar-refractivity contribution in [2.75, 3.05) is 37.0 Å². The maximum Gasteiger partial charge on any atom is 0.240 e. The Bertz CT molecular complexity index is 575. The molecule has 1 aliphatic heterocycles. The average molecular weight is 334 g/mol. The second-order valence-electron chi connectivity index (χ2n) is 5.96. The first-order valence-corrected chi connectivity index (χ1v) is 9.09. The number of carbonyl (C=O) groups is 2. The third kappa shape index (κ3) is 4.72. The minimum Gasteiger partial charge on any atom is -0.381 e. The summed E-state index contributed by atoms with van der Waals surface area (Å²) in [6.07, 6.45) is 3.39. The molecule has 23 heavy (non-hydrogen) atoms. The summed E-state index contributed by atoms with van der Waals surface area (Å²) in [5, 5.41) is 2.87. The minimum atomic E-state index is -0.123. The van der Waals surface area contributed by atoms with Gasteiger partial charge >= 0.3 is 0 Å². The van der Waals surface area contributed by atoms with Crippen LogP contribution in [0.15, 0.2) is 29.2 Å². The van der Waals surface area contributed by atoms with E-state index in [-0.39, 0.29) is 18.4 Å². The second kappa shape index (κ2) is 7.84. The molecular formula is C17H22N2O3S. The number of thioether (sulfide) groups is 1. The van der Waals surface area contributed by atoms with Crippen molar-refractivity contribution in [3.8, 4) is 0 Å². The Labute approximate surface area is 140 Å². The maximum absolute atomic E-state index is 12.1. The largest absolute Gasteiger partial charge is 0.381 e. The van der Waals surface area contributed by atoms with E-state index in [1.807, 2.05) is 24.3 Å². The number of hydrogen-bond donors (Lipinski definition) is 1. The first-order valence-electron chi connectivity index (χ1n) is 8.10. The number of ether oxygens (including phenoxy) is 1. The number of hydrogen-bond acceptors (Lipinski definition) is 4. The van der Waals surface area contributed by atoms with Crippen LogP contribution < -0.4 is 10.2 Å². The van der Waals surface area contributed by atoms with E-state index in [0.717, 1.165) is 29.5 Å². The van der Waals surface area contributed by atoms with Crippen LogP contribution in [-0.4, -0.2) is 43.9 Å². The van der Waals surface area contributed by atoms with Crippen LogP contribution >= 0.6 is 11.8 Å². The summed E-state index contributed by atoms with van der Waals surface area (Å²) >= 11 is 1.52. The molecule has 0 aromatic heterocycles. The lowest BCUT2D eigenvalue weighted by Gasteiger charge is -2.28. The van der Waals surface area contributed by atoms with Gasteiger partial charge in [0.2, 0.25) is 11.8 Å². The second-order valence-corrected chi connectivity index (χ2v) is 6.98. The van der Waals surface area contributed by atoms with Crippen molar-refractivity contribution in [1.29, 1.82) is 0 Å². The summed E-state index contributed by atoms with van der Waals surface area (Å²) in [6.45, 7) is 2.20.